The van der Waals surface area contributed by atoms with Crippen molar-refractivity contribution in [2.24, 2.45) is 0 Å². The molecule has 26 heavy (non-hydrogen) atoms. The third kappa shape index (κ3) is 10.4. The van der Waals surface area contributed by atoms with Gasteiger partial charge in [-0.2, -0.15) is 0 Å². The topological polar surface area (TPSA) is 136 Å². The molecule has 0 aromatic heterocycles. The lowest BCUT2D eigenvalue weighted by atomic mass is 10.1. The maximum Gasteiger partial charge on any atom is 0.328 e. The van der Waals surface area contributed by atoms with Crippen LogP contribution < -0.4 is 10.6 Å². The van der Waals surface area contributed by atoms with Crippen LogP contribution in [0.1, 0.15) is 72.1 Å². The van der Waals surface area contributed by atoms with Crippen LogP contribution in [0.15, 0.2) is 0 Å². The summed E-state index contributed by atoms with van der Waals surface area (Å²) in [4.78, 5) is 35.2. The molecule has 0 spiro atoms. The molecule has 0 heterocycles. The molecular weight excluding hydrogens is 340 g/mol. The van der Waals surface area contributed by atoms with E-state index in [-0.39, 0.29) is 12.3 Å². The minimum Gasteiger partial charge on any atom is -0.480 e. The lowest BCUT2D eigenvalue weighted by molar-refractivity contribution is -0.145. The van der Waals surface area contributed by atoms with Crippen LogP contribution in [-0.2, 0) is 14.4 Å². The molecule has 0 bridgehead atoms. The molecule has 0 saturated carbocycles. The molecule has 8 nitrogen and oxygen atoms in total. The van der Waals surface area contributed by atoms with Crippen LogP contribution in [0, 0.1) is 0 Å². The van der Waals surface area contributed by atoms with E-state index in [1.54, 1.807) is 0 Å². The van der Waals surface area contributed by atoms with Crippen molar-refractivity contribution in [3.63, 3.8) is 0 Å². The van der Waals surface area contributed by atoms with Crippen molar-refractivity contribution < 1.29 is 29.7 Å². The van der Waals surface area contributed by atoms with E-state index in [0.29, 0.717) is 6.42 Å². The predicted octanol–water partition coefficient (Wildman–Crippen LogP) is 0.943. The van der Waals surface area contributed by atoms with Gasteiger partial charge in [-0.25, -0.2) is 4.79 Å². The molecule has 5 N–H and O–H groups in total. The van der Waals surface area contributed by atoms with Crippen molar-refractivity contribution >= 4 is 17.8 Å². The summed E-state index contributed by atoms with van der Waals surface area (Å²) in [5.74, 6) is -2.61. The summed E-state index contributed by atoms with van der Waals surface area (Å²) >= 11 is 0. The molecule has 0 aliphatic carbocycles. The molecule has 0 radical (unpaired) electrons. The van der Waals surface area contributed by atoms with Crippen LogP contribution in [0.3, 0.4) is 0 Å². The monoisotopic (exact) mass is 374 g/mol. The highest BCUT2D eigenvalue weighted by molar-refractivity contribution is 5.91. The molecule has 4 unspecified atom stereocenters. The van der Waals surface area contributed by atoms with Crippen LogP contribution in [0.2, 0.25) is 0 Å². The third-order valence-electron chi connectivity index (χ3n) is 4.13. The lowest BCUT2D eigenvalue weighted by Gasteiger charge is -2.24. The second-order valence-electron chi connectivity index (χ2n) is 6.72. The fraction of sp³-hybridized carbons (Fsp3) is 0.833. The van der Waals surface area contributed by atoms with E-state index in [2.05, 4.69) is 17.6 Å². The van der Waals surface area contributed by atoms with Gasteiger partial charge in [0.05, 0.1) is 12.2 Å². The van der Waals surface area contributed by atoms with Gasteiger partial charge in [0.25, 0.3) is 0 Å². The normalized spacial score (nSPS) is 15.6. The minimum absolute atomic E-state index is 0.239. The van der Waals surface area contributed by atoms with Crippen LogP contribution in [0.5, 0.6) is 0 Å². The van der Waals surface area contributed by atoms with E-state index in [4.69, 9.17) is 5.11 Å². The van der Waals surface area contributed by atoms with Crippen LogP contribution in [-0.4, -0.2) is 57.4 Å². The predicted molar refractivity (Wildman–Crippen MR) is 97.5 cm³/mol. The SMILES string of the molecule is CCCCCCCCCC(=O)NC(C(=O)NC(C(=O)O)C(C)O)C(C)O. The standard InChI is InChI=1S/C18H34N2O6/c1-4-5-6-7-8-9-10-11-14(23)19-15(12(2)21)17(24)20-16(13(3)22)18(25)26/h12-13,15-16,21-22H,4-11H2,1-3H3,(H,19,23)(H,20,24)(H,25,26). The molecule has 2 amide bonds. The van der Waals surface area contributed by atoms with Gasteiger partial charge in [-0.3, -0.25) is 9.59 Å². The number of rotatable bonds is 14. The highest BCUT2D eigenvalue weighted by atomic mass is 16.4. The first kappa shape index (κ1) is 24.3. The number of unbranched alkanes of at least 4 members (excludes halogenated alkanes) is 6. The maximum atomic E-state index is 12.2. The Morgan fingerprint density at radius 2 is 1.31 bits per heavy atom. The number of hydrogen-bond acceptors (Lipinski definition) is 5. The molecule has 0 aromatic carbocycles. The summed E-state index contributed by atoms with van der Waals surface area (Å²) in [5, 5.41) is 32.7. The van der Waals surface area contributed by atoms with Gasteiger partial charge in [0.15, 0.2) is 6.04 Å². The van der Waals surface area contributed by atoms with Gasteiger partial charge in [-0.05, 0) is 20.3 Å². The Labute approximate surface area is 155 Å². The van der Waals surface area contributed by atoms with Crippen LogP contribution in [0.25, 0.3) is 0 Å². The van der Waals surface area contributed by atoms with Gasteiger partial charge in [-0.15, -0.1) is 0 Å². The highest BCUT2D eigenvalue weighted by Crippen LogP contribution is 2.08. The largest absolute Gasteiger partial charge is 0.480 e. The van der Waals surface area contributed by atoms with E-state index >= 15 is 0 Å². The molecule has 0 aromatic rings. The highest BCUT2D eigenvalue weighted by Gasteiger charge is 2.31. The van der Waals surface area contributed by atoms with Crippen LogP contribution >= 0.6 is 0 Å². The molecule has 0 fully saturated rings. The number of carbonyl (C=O) groups excluding carboxylic acids is 2. The van der Waals surface area contributed by atoms with E-state index in [1.807, 2.05) is 0 Å². The summed E-state index contributed by atoms with van der Waals surface area (Å²) in [6.45, 7) is 4.71. The summed E-state index contributed by atoms with van der Waals surface area (Å²) in [5.41, 5.74) is 0. The number of carboxylic acid groups (broad SMARTS) is 1. The number of aliphatic hydroxyl groups is 2. The number of amides is 2. The lowest BCUT2D eigenvalue weighted by Crippen LogP contribution is -2.57. The van der Waals surface area contributed by atoms with Crippen molar-refractivity contribution in [2.75, 3.05) is 0 Å². The Bertz CT molecular complexity index is 439. The number of hydrogen-bond donors (Lipinski definition) is 5. The van der Waals surface area contributed by atoms with Crippen molar-refractivity contribution in [3.8, 4) is 0 Å². The second-order valence-corrected chi connectivity index (χ2v) is 6.72. The van der Waals surface area contributed by atoms with Gasteiger partial charge in [0.2, 0.25) is 11.8 Å². The number of nitrogens with one attached hydrogen (secondary N) is 2. The average Bonchev–Trinajstić information content (AvgIpc) is 2.55. The number of aliphatic hydroxyl groups excluding tert-OH is 2. The van der Waals surface area contributed by atoms with E-state index in [9.17, 15) is 24.6 Å². The van der Waals surface area contributed by atoms with Gasteiger partial charge < -0.3 is 26.0 Å². The smallest absolute Gasteiger partial charge is 0.328 e. The molecular formula is C18H34N2O6. The Morgan fingerprint density at radius 3 is 1.77 bits per heavy atom. The van der Waals surface area contributed by atoms with Gasteiger partial charge in [0.1, 0.15) is 6.04 Å². The molecule has 152 valence electrons. The quantitative estimate of drug-likeness (QED) is 0.287. The summed E-state index contributed by atoms with van der Waals surface area (Å²) in [7, 11) is 0. The molecule has 4 atom stereocenters. The van der Waals surface area contributed by atoms with E-state index in [1.165, 1.54) is 33.1 Å². The van der Waals surface area contributed by atoms with E-state index < -0.39 is 36.2 Å². The van der Waals surface area contributed by atoms with Crippen molar-refractivity contribution in [2.45, 2.75) is 96.4 Å². The van der Waals surface area contributed by atoms with Crippen molar-refractivity contribution in [3.05, 3.63) is 0 Å². The average molecular weight is 374 g/mol. The first-order chi connectivity index (χ1) is 12.2. The number of carbonyl (C=O) groups is 3. The Hall–Kier alpha value is -1.67. The summed E-state index contributed by atoms with van der Waals surface area (Å²) in [6, 6.07) is -2.78. The maximum absolute atomic E-state index is 12.2. The number of carboxylic acids is 1. The molecule has 0 aliphatic rings. The molecule has 0 rings (SSSR count). The Kier molecular flexibility index (Phi) is 12.7. The fourth-order valence-electron chi connectivity index (χ4n) is 2.53. The molecule has 0 saturated heterocycles. The van der Waals surface area contributed by atoms with Gasteiger partial charge in [-0.1, -0.05) is 45.4 Å². The van der Waals surface area contributed by atoms with Crippen molar-refractivity contribution in [1.82, 2.24) is 10.6 Å². The minimum atomic E-state index is -1.51. The summed E-state index contributed by atoms with van der Waals surface area (Å²) < 4.78 is 0. The second kappa shape index (κ2) is 13.5. The zero-order valence-corrected chi connectivity index (χ0v) is 16.0. The zero-order chi connectivity index (χ0) is 20.1. The first-order valence-corrected chi connectivity index (χ1v) is 9.39. The van der Waals surface area contributed by atoms with Gasteiger partial charge >= 0.3 is 5.97 Å². The molecule has 0 aliphatic heterocycles. The van der Waals surface area contributed by atoms with Gasteiger partial charge in [0, 0.05) is 6.42 Å². The number of aliphatic carboxylic acids is 1. The zero-order valence-electron chi connectivity index (χ0n) is 16.0. The van der Waals surface area contributed by atoms with Crippen molar-refractivity contribution in [1.29, 1.82) is 0 Å². The Morgan fingerprint density at radius 1 is 0.808 bits per heavy atom. The first-order valence-electron chi connectivity index (χ1n) is 9.39. The Balaban J connectivity index is 4.38. The van der Waals surface area contributed by atoms with E-state index in [0.717, 1.165) is 19.3 Å². The molecule has 8 heteroatoms. The summed E-state index contributed by atoms with van der Waals surface area (Å²) in [6.07, 6.45) is 5.14. The third-order valence-corrected chi connectivity index (χ3v) is 4.13. The fourth-order valence-corrected chi connectivity index (χ4v) is 2.53. The van der Waals surface area contributed by atoms with Crippen LogP contribution in [0.4, 0.5) is 0 Å².